The minimum Gasteiger partial charge on any atom is -0.475 e. The Labute approximate surface area is 118 Å². The standard InChI is InChI=1S/C13H21N3O4/c1-18-6-5-11(14)13(17)16-10-3-4-12(15-9-10)20-8-7-19-2/h3-4,9,11H,5-8,14H2,1-2H3,(H,16,17). The number of methoxy groups -OCH3 is 2. The van der Waals surface area contributed by atoms with Gasteiger partial charge in [0.05, 0.1) is 24.5 Å². The fourth-order valence-corrected chi connectivity index (χ4v) is 1.38. The third-order valence-electron chi connectivity index (χ3n) is 2.51. The average Bonchev–Trinajstić information content (AvgIpc) is 2.46. The third kappa shape index (κ3) is 5.96. The van der Waals surface area contributed by atoms with E-state index in [0.717, 1.165) is 0 Å². The number of nitrogens with one attached hydrogen (secondary N) is 1. The minimum absolute atomic E-state index is 0.267. The minimum atomic E-state index is -0.604. The number of carbonyl (C=O) groups excluding carboxylic acids is 1. The fraction of sp³-hybridized carbons (Fsp3) is 0.538. The molecular weight excluding hydrogens is 262 g/mol. The lowest BCUT2D eigenvalue weighted by Crippen LogP contribution is -2.36. The summed E-state index contributed by atoms with van der Waals surface area (Å²) < 4.78 is 15.1. The first-order valence-corrected chi connectivity index (χ1v) is 6.30. The van der Waals surface area contributed by atoms with Crippen molar-refractivity contribution in [1.82, 2.24) is 4.98 Å². The smallest absolute Gasteiger partial charge is 0.241 e. The first-order chi connectivity index (χ1) is 9.67. The number of nitrogens with two attached hydrogens (primary N) is 1. The van der Waals surface area contributed by atoms with Crippen molar-refractivity contribution in [3.63, 3.8) is 0 Å². The van der Waals surface area contributed by atoms with Gasteiger partial charge in [-0.2, -0.15) is 0 Å². The van der Waals surface area contributed by atoms with E-state index >= 15 is 0 Å². The van der Waals surface area contributed by atoms with E-state index in [0.29, 0.717) is 37.8 Å². The first-order valence-electron chi connectivity index (χ1n) is 6.30. The zero-order chi connectivity index (χ0) is 14.8. The summed E-state index contributed by atoms with van der Waals surface area (Å²) in [6.45, 7) is 1.37. The Bertz CT molecular complexity index is 397. The predicted octanol–water partition coefficient (Wildman–Crippen LogP) is 0.409. The Balaban J connectivity index is 2.42. The van der Waals surface area contributed by atoms with Crippen molar-refractivity contribution >= 4 is 11.6 Å². The summed E-state index contributed by atoms with van der Waals surface area (Å²) in [4.78, 5) is 15.8. The molecule has 3 N–H and O–H groups in total. The lowest BCUT2D eigenvalue weighted by molar-refractivity contribution is -0.117. The van der Waals surface area contributed by atoms with Crippen LogP contribution in [0.5, 0.6) is 5.88 Å². The maximum atomic E-state index is 11.7. The van der Waals surface area contributed by atoms with Crippen LogP contribution in [0, 0.1) is 0 Å². The van der Waals surface area contributed by atoms with Gasteiger partial charge in [-0.3, -0.25) is 4.79 Å². The van der Waals surface area contributed by atoms with Gasteiger partial charge in [0.25, 0.3) is 0 Å². The molecule has 1 rings (SSSR count). The molecule has 1 amide bonds. The van der Waals surface area contributed by atoms with E-state index < -0.39 is 6.04 Å². The molecular formula is C13H21N3O4. The Hall–Kier alpha value is -1.70. The highest BCUT2D eigenvalue weighted by Gasteiger charge is 2.13. The van der Waals surface area contributed by atoms with Crippen molar-refractivity contribution in [2.24, 2.45) is 5.73 Å². The lowest BCUT2D eigenvalue weighted by atomic mass is 10.2. The van der Waals surface area contributed by atoms with E-state index in [-0.39, 0.29) is 5.91 Å². The van der Waals surface area contributed by atoms with Crippen molar-refractivity contribution in [3.05, 3.63) is 18.3 Å². The number of hydrogen-bond acceptors (Lipinski definition) is 6. The number of ether oxygens (including phenoxy) is 3. The van der Waals surface area contributed by atoms with E-state index in [1.54, 1.807) is 26.4 Å². The molecule has 0 radical (unpaired) electrons. The van der Waals surface area contributed by atoms with E-state index in [9.17, 15) is 4.79 Å². The number of hydrogen-bond donors (Lipinski definition) is 2. The molecule has 0 spiro atoms. The maximum Gasteiger partial charge on any atom is 0.241 e. The number of amides is 1. The lowest BCUT2D eigenvalue weighted by Gasteiger charge is -2.11. The fourth-order valence-electron chi connectivity index (χ4n) is 1.38. The second kappa shape index (κ2) is 9.24. The van der Waals surface area contributed by atoms with Crippen LogP contribution in [0.15, 0.2) is 18.3 Å². The molecule has 0 aliphatic carbocycles. The quantitative estimate of drug-likeness (QED) is 0.637. The summed E-state index contributed by atoms with van der Waals surface area (Å²) in [5.74, 6) is 0.209. The monoisotopic (exact) mass is 283 g/mol. The van der Waals surface area contributed by atoms with Gasteiger partial charge in [-0.1, -0.05) is 0 Å². The molecule has 7 nitrogen and oxygen atoms in total. The molecule has 7 heteroatoms. The summed E-state index contributed by atoms with van der Waals surface area (Å²) in [7, 11) is 3.17. The normalized spacial score (nSPS) is 11.9. The van der Waals surface area contributed by atoms with Crippen LogP contribution in [-0.2, 0) is 14.3 Å². The molecule has 1 heterocycles. The van der Waals surface area contributed by atoms with Crippen molar-refractivity contribution < 1.29 is 19.0 Å². The Morgan fingerprint density at radius 1 is 1.30 bits per heavy atom. The Morgan fingerprint density at radius 3 is 2.65 bits per heavy atom. The van der Waals surface area contributed by atoms with Gasteiger partial charge in [-0.15, -0.1) is 0 Å². The molecule has 0 saturated heterocycles. The van der Waals surface area contributed by atoms with Crippen LogP contribution in [-0.4, -0.2) is 51.0 Å². The topological polar surface area (TPSA) is 95.7 Å². The number of nitrogens with zero attached hydrogens (tertiary/aromatic N) is 1. The molecule has 1 unspecified atom stereocenters. The maximum absolute atomic E-state index is 11.7. The van der Waals surface area contributed by atoms with Gasteiger partial charge in [0, 0.05) is 26.9 Å². The van der Waals surface area contributed by atoms with Crippen LogP contribution in [0.4, 0.5) is 5.69 Å². The zero-order valence-electron chi connectivity index (χ0n) is 11.8. The summed E-state index contributed by atoms with van der Waals surface area (Å²) in [6, 6.07) is 2.77. The number of rotatable bonds is 9. The Morgan fingerprint density at radius 2 is 2.05 bits per heavy atom. The second-order valence-electron chi connectivity index (χ2n) is 4.10. The van der Waals surface area contributed by atoms with Crippen molar-refractivity contribution in [2.75, 3.05) is 39.4 Å². The van der Waals surface area contributed by atoms with E-state index in [1.165, 1.54) is 6.20 Å². The molecule has 112 valence electrons. The highest BCUT2D eigenvalue weighted by atomic mass is 16.5. The third-order valence-corrected chi connectivity index (χ3v) is 2.51. The van der Waals surface area contributed by atoms with Gasteiger partial charge in [0.15, 0.2) is 0 Å². The van der Waals surface area contributed by atoms with Gasteiger partial charge in [-0.25, -0.2) is 4.98 Å². The van der Waals surface area contributed by atoms with E-state index in [1.807, 2.05) is 0 Å². The zero-order valence-corrected chi connectivity index (χ0v) is 11.8. The largest absolute Gasteiger partial charge is 0.475 e. The molecule has 0 aliphatic rings. The van der Waals surface area contributed by atoms with Gasteiger partial charge in [0.2, 0.25) is 11.8 Å². The van der Waals surface area contributed by atoms with E-state index in [4.69, 9.17) is 19.9 Å². The molecule has 1 atom stereocenters. The van der Waals surface area contributed by atoms with Crippen molar-refractivity contribution in [1.29, 1.82) is 0 Å². The predicted molar refractivity (Wildman–Crippen MR) is 74.7 cm³/mol. The summed E-state index contributed by atoms with van der Waals surface area (Å²) in [5, 5.41) is 2.68. The molecule has 0 aromatic carbocycles. The molecule has 0 fully saturated rings. The van der Waals surface area contributed by atoms with Crippen molar-refractivity contribution in [2.45, 2.75) is 12.5 Å². The van der Waals surface area contributed by atoms with Crippen LogP contribution in [0.3, 0.4) is 0 Å². The average molecular weight is 283 g/mol. The van der Waals surface area contributed by atoms with Gasteiger partial charge < -0.3 is 25.3 Å². The molecule has 1 aromatic rings. The second-order valence-corrected chi connectivity index (χ2v) is 4.10. The number of anilines is 1. The molecule has 1 aromatic heterocycles. The number of aromatic nitrogens is 1. The van der Waals surface area contributed by atoms with E-state index in [2.05, 4.69) is 10.3 Å². The SMILES string of the molecule is COCCOc1ccc(NC(=O)C(N)CCOC)cn1. The highest BCUT2D eigenvalue weighted by molar-refractivity contribution is 5.94. The molecule has 0 saturated carbocycles. The Kier molecular flexibility index (Phi) is 7.56. The molecule has 0 aliphatic heterocycles. The number of pyridine rings is 1. The van der Waals surface area contributed by atoms with Gasteiger partial charge in [0.1, 0.15) is 6.61 Å². The summed E-state index contributed by atoms with van der Waals surface area (Å²) in [5.41, 5.74) is 6.28. The number of carbonyl (C=O) groups is 1. The van der Waals surface area contributed by atoms with Gasteiger partial charge in [-0.05, 0) is 12.5 Å². The first kappa shape index (κ1) is 16.4. The van der Waals surface area contributed by atoms with Crippen LogP contribution in [0.1, 0.15) is 6.42 Å². The van der Waals surface area contributed by atoms with Crippen LogP contribution >= 0.6 is 0 Å². The molecule has 0 bridgehead atoms. The highest BCUT2D eigenvalue weighted by Crippen LogP contribution is 2.11. The van der Waals surface area contributed by atoms with Crippen LogP contribution in [0.2, 0.25) is 0 Å². The van der Waals surface area contributed by atoms with Crippen molar-refractivity contribution in [3.8, 4) is 5.88 Å². The summed E-state index contributed by atoms with van der Waals surface area (Å²) >= 11 is 0. The van der Waals surface area contributed by atoms with Crippen LogP contribution in [0.25, 0.3) is 0 Å². The summed E-state index contributed by atoms with van der Waals surface area (Å²) in [6.07, 6.45) is 1.98. The molecule has 20 heavy (non-hydrogen) atoms. The van der Waals surface area contributed by atoms with Crippen LogP contribution < -0.4 is 15.8 Å². The van der Waals surface area contributed by atoms with Gasteiger partial charge >= 0.3 is 0 Å².